The number of nitrogens with zero attached hydrogens (tertiary/aromatic N) is 1. The van der Waals surface area contributed by atoms with E-state index in [-0.39, 0.29) is 11.8 Å². The van der Waals surface area contributed by atoms with Gasteiger partial charge in [-0.15, -0.1) is 0 Å². The maximum Gasteiger partial charge on any atom is 0.258 e. The molecule has 0 fully saturated rings. The number of imide groups is 1. The Hall–Kier alpha value is -2.10. The molecule has 94 valence electrons. The van der Waals surface area contributed by atoms with Gasteiger partial charge in [0.1, 0.15) is 5.75 Å². The van der Waals surface area contributed by atoms with Crippen LogP contribution in [0.2, 0.25) is 0 Å². The van der Waals surface area contributed by atoms with Crippen molar-refractivity contribution in [1.82, 2.24) is 0 Å². The zero-order chi connectivity index (χ0) is 13.0. The zero-order valence-electron chi connectivity index (χ0n) is 10.3. The van der Waals surface area contributed by atoms with Gasteiger partial charge in [-0.25, -0.2) is 4.90 Å². The molecule has 1 aliphatic heterocycles. The number of ether oxygens (including phenoxy) is 1. The summed E-state index contributed by atoms with van der Waals surface area (Å²) < 4.78 is 5.61. The van der Waals surface area contributed by atoms with Crippen LogP contribution in [0.4, 0.5) is 5.69 Å². The third-order valence-corrected chi connectivity index (χ3v) is 2.67. The highest BCUT2D eigenvalue weighted by atomic mass is 16.5. The molecule has 1 heterocycles. The number of rotatable bonds is 5. The predicted molar refractivity (Wildman–Crippen MR) is 68.5 cm³/mol. The van der Waals surface area contributed by atoms with E-state index >= 15 is 0 Å². The summed E-state index contributed by atoms with van der Waals surface area (Å²) in [5, 5.41) is 0. The summed E-state index contributed by atoms with van der Waals surface area (Å²) in [7, 11) is 0. The molecule has 0 N–H and O–H groups in total. The average Bonchev–Trinajstić information content (AvgIpc) is 2.70. The third kappa shape index (κ3) is 2.42. The molecule has 0 radical (unpaired) electrons. The minimum Gasteiger partial charge on any atom is -0.491 e. The highest BCUT2D eigenvalue weighted by Gasteiger charge is 2.27. The molecule has 0 bridgehead atoms. The lowest BCUT2D eigenvalue weighted by molar-refractivity contribution is -0.120. The monoisotopic (exact) mass is 245 g/mol. The molecular weight excluding hydrogens is 230 g/mol. The van der Waals surface area contributed by atoms with Gasteiger partial charge in [0.05, 0.1) is 12.3 Å². The summed E-state index contributed by atoms with van der Waals surface area (Å²) in [6.07, 6.45) is 4.51. The van der Waals surface area contributed by atoms with Crippen molar-refractivity contribution in [3.05, 3.63) is 36.4 Å². The lowest BCUT2D eigenvalue weighted by atomic mass is 10.2. The van der Waals surface area contributed by atoms with Crippen LogP contribution in [0.5, 0.6) is 5.75 Å². The number of carbonyl (C=O) groups excluding carboxylic acids is 2. The molecule has 4 heteroatoms. The standard InChI is InChI=1S/C14H15NO3/c1-2-3-10-18-12-7-5-4-6-11(12)15-13(16)8-9-14(15)17/h4-9H,2-3,10H2,1H3. The van der Waals surface area contributed by atoms with E-state index in [2.05, 4.69) is 6.92 Å². The van der Waals surface area contributed by atoms with Crippen molar-refractivity contribution in [3.63, 3.8) is 0 Å². The Kier molecular flexibility index (Phi) is 3.77. The molecule has 1 aliphatic rings. The maximum absolute atomic E-state index is 11.6. The van der Waals surface area contributed by atoms with E-state index in [1.165, 1.54) is 12.2 Å². The first kappa shape index (κ1) is 12.4. The van der Waals surface area contributed by atoms with Crippen molar-refractivity contribution in [2.24, 2.45) is 0 Å². The largest absolute Gasteiger partial charge is 0.491 e. The minimum atomic E-state index is -0.327. The highest BCUT2D eigenvalue weighted by Crippen LogP contribution is 2.30. The van der Waals surface area contributed by atoms with Crippen molar-refractivity contribution >= 4 is 17.5 Å². The first-order valence-electron chi connectivity index (χ1n) is 6.02. The number of hydrogen-bond donors (Lipinski definition) is 0. The van der Waals surface area contributed by atoms with E-state index in [9.17, 15) is 9.59 Å². The van der Waals surface area contributed by atoms with Crippen LogP contribution in [-0.4, -0.2) is 18.4 Å². The van der Waals surface area contributed by atoms with Crippen LogP contribution in [-0.2, 0) is 9.59 Å². The first-order valence-corrected chi connectivity index (χ1v) is 6.02. The van der Waals surface area contributed by atoms with Gasteiger partial charge in [-0.05, 0) is 18.6 Å². The number of para-hydroxylation sites is 2. The second kappa shape index (κ2) is 5.49. The van der Waals surface area contributed by atoms with E-state index in [1.807, 2.05) is 6.07 Å². The van der Waals surface area contributed by atoms with Gasteiger partial charge < -0.3 is 4.74 Å². The Labute approximate surface area is 106 Å². The second-order valence-electron chi connectivity index (χ2n) is 4.01. The lowest BCUT2D eigenvalue weighted by Crippen LogP contribution is -2.30. The van der Waals surface area contributed by atoms with Crippen LogP contribution in [0.15, 0.2) is 36.4 Å². The number of hydrogen-bond acceptors (Lipinski definition) is 3. The van der Waals surface area contributed by atoms with Gasteiger partial charge in [-0.3, -0.25) is 9.59 Å². The fourth-order valence-electron chi connectivity index (χ4n) is 1.73. The second-order valence-corrected chi connectivity index (χ2v) is 4.01. The van der Waals surface area contributed by atoms with E-state index < -0.39 is 0 Å². The van der Waals surface area contributed by atoms with Gasteiger partial charge in [-0.1, -0.05) is 25.5 Å². The number of carbonyl (C=O) groups is 2. The van der Waals surface area contributed by atoms with Crippen LogP contribution in [0.3, 0.4) is 0 Å². The summed E-state index contributed by atoms with van der Waals surface area (Å²) in [5.41, 5.74) is 0.508. The van der Waals surface area contributed by atoms with Gasteiger partial charge in [0.25, 0.3) is 11.8 Å². The summed E-state index contributed by atoms with van der Waals surface area (Å²) in [4.78, 5) is 24.4. The first-order chi connectivity index (χ1) is 8.74. The Morgan fingerprint density at radius 2 is 1.78 bits per heavy atom. The summed E-state index contributed by atoms with van der Waals surface area (Å²) in [6, 6.07) is 7.08. The zero-order valence-corrected chi connectivity index (χ0v) is 10.3. The third-order valence-electron chi connectivity index (χ3n) is 2.67. The fourth-order valence-corrected chi connectivity index (χ4v) is 1.73. The number of amides is 2. The molecule has 0 saturated heterocycles. The van der Waals surface area contributed by atoms with Gasteiger partial charge >= 0.3 is 0 Å². The van der Waals surface area contributed by atoms with E-state index in [0.29, 0.717) is 18.0 Å². The van der Waals surface area contributed by atoms with Crippen LogP contribution < -0.4 is 9.64 Å². The van der Waals surface area contributed by atoms with Crippen LogP contribution in [0.25, 0.3) is 0 Å². The molecule has 0 aliphatic carbocycles. The molecule has 0 aromatic heterocycles. The van der Waals surface area contributed by atoms with Crippen molar-refractivity contribution in [1.29, 1.82) is 0 Å². The molecule has 18 heavy (non-hydrogen) atoms. The number of benzene rings is 1. The number of anilines is 1. The van der Waals surface area contributed by atoms with Crippen LogP contribution in [0, 0.1) is 0 Å². The molecule has 0 spiro atoms. The number of unbranched alkanes of at least 4 members (excludes halogenated alkanes) is 1. The highest BCUT2D eigenvalue weighted by molar-refractivity contribution is 6.28. The Morgan fingerprint density at radius 1 is 1.11 bits per heavy atom. The summed E-state index contributed by atoms with van der Waals surface area (Å²) in [6.45, 7) is 2.66. The van der Waals surface area contributed by atoms with Gasteiger partial charge in [-0.2, -0.15) is 0 Å². The SMILES string of the molecule is CCCCOc1ccccc1N1C(=O)C=CC1=O. The van der Waals surface area contributed by atoms with Gasteiger partial charge in [0.15, 0.2) is 0 Å². The molecule has 2 amide bonds. The topological polar surface area (TPSA) is 46.6 Å². The molecule has 0 saturated carbocycles. The molecule has 0 atom stereocenters. The molecular formula is C14H15NO3. The smallest absolute Gasteiger partial charge is 0.258 e. The van der Waals surface area contributed by atoms with E-state index in [1.54, 1.807) is 18.2 Å². The molecule has 1 aromatic carbocycles. The van der Waals surface area contributed by atoms with Crippen molar-refractivity contribution in [2.45, 2.75) is 19.8 Å². The van der Waals surface area contributed by atoms with Gasteiger partial charge in [0, 0.05) is 12.2 Å². The molecule has 0 unspecified atom stereocenters. The summed E-state index contributed by atoms with van der Waals surface area (Å²) in [5.74, 6) is -0.0885. The van der Waals surface area contributed by atoms with Gasteiger partial charge in [0.2, 0.25) is 0 Å². The molecule has 1 aromatic rings. The van der Waals surface area contributed by atoms with E-state index in [4.69, 9.17) is 4.74 Å². The van der Waals surface area contributed by atoms with Crippen molar-refractivity contribution in [3.8, 4) is 5.75 Å². The van der Waals surface area contributed by atoms with E-state index in [0.717, 1.165) is 17.7 Å². The molecule has 2 rings (SSSR count). The Bertz CT molecular complexity index is 476. The predicted octanol–water partition coefficient (Wildman–Crippen LogP) is 2.29. The normalized spacial score (nSPS) is 14.4. The fraction of sp³-hybridized carbons (Fsp3) is 0.286. The minimum absolute atomic E-state index is 0.327. The van der Waals surface area contributed by atoms with Crippen molar-refractivity contribution < 1.29 is 14.3 Å². The maximum atomic E-state index is 11.6. The molecule has 4 nitrogen and oxygen atoms in total. The Balaban J connectivity index is 2.22. The van der Waals surface area contributed by atoms with Crippen LogP contribution in [0.1, 0.15) is 19.8 Å². The Morgan fingerprint density at radius 3 is 2.44 bits per heavy atom. The average molecular weight is 245 g/mol. The quantitative estimate of drug-likeness (QED) is 0.590. The van der Waals surface area contributed by atoms with Crippen LogP contribution >= 0.6 is 0 Å². The van der Waals surface area contributed by atoms with Crippen molar-refractivity contribution in [2.75, 3.05) is 11.5 Å². The summed E-state index contributed by atoms with van der Waals surface area (Å²) >= 11 is 0. The lowest BCUT2D eigenvalue weighted by Gasteiger charge is -2.18.